The number of nitrogens with zero attached hydrogens (tertiary/aromatic N) is 1. The van der Waals surface area contributed by atoms with E-state index in [1.807, 2.05) is 30.0 Å². The van der Waals surface area contributed by atoms with E-state index in [0.717, 1.165) is 18.5 Å². The second kappa shape index (κ2) is 6.94. The topological polar surface area (TPSA) is 52.6 Å². The summed E-state index contributed by atoms with van der Waals surface area (Å²) < 4.78 is 0. The van der Waals surface area contributed by atoms with Gasteiger partial charge in [0.15, 0.2) is 0 Å². The molecule has 1 saturated heterocycles. The Morgan fingerprint density at radius 3 is 2.52 bits per heavy atom. The Morgan fingerprint density at radius 1 is 1.29 bits per heavy atom. The van der Waals surface area contributed by atoms with E-state index in [1.54, 1.807) is 0 Å². The van der Waals surface area contributed by atoms with Crippen LogP contribution in [0, 0.1) is 5.92 Å². The molecule has 0 aromatic heterocycles. The van der Waals surface area contributed by atoms with Crippen molar-refractivity contribution in [3.8, 4) is 0 Å². The number of nitrogens with one attached hydrogen (secondary N) is 1. The number of anilines is 1. The Morgan fingerprint density at radius 2 is 1.95 bits per heavy atom. The molecule has 0 aliphatic carbocycles. The van der Waals surface area contributed by atoms with E-state index in [0.29, 0.717) is 24.9 Å². The number of carbonyl (C=O) groups is 1. The Hall–Kier alpha value is -1.55. The first-order chi connectivity index (χ1) is 9.97. The van der Waals surface area contributed by atoms with Gasteiger partial charge >= 0.3 is 6.03 Å². The maximum Gasteiger partial charge on any atom is 0.321 e. The first kappa shape index (κ1) is 15.8. The van der Waals surface area contributed by atoms with Crippen LogP contribution in [0.1, 0.15) is 45.1 Å². The predicted octanol–water partition coefficient (Wildman–Crippen LogP) is 3.43. The van der Waals surface area contributed by atoms with Gasteiger partial charge in [-0.15, -0.1) is 0 Å². The first-order valence-electron chi connectivity index (χ1n) is 7.81. The van der Waals surface area contributed by atoms with Crippen molar-refractivity contribution in [1.29, 1.82) is 0 Å². The average molecular weight is 290 g/mol. The number of hydrogen-bond donors (Lipinski definition) is 2. The van der Waals surface area contributed by atoms with Gasteiger partial charge in [0.05, 0.1) is 6.10 Å². The summed E-state index contributed by atoms with van der Waals surface area (Å²) in [6.45, 7) is 7.54. The molecule has 1 aromatic rings. The van der Waals surface area contributed by atoms with Gasteiger partial charge in [0, 0.05) is 18.8 Å². The SMILES string of the molecule is CC(C)c1cccc(NC(=O)N2CCC(C(C)O)CC2)c1. The molecule has 2 amide bonds. The lowest BCUT2D eigenvalue weighted by Crippen LogP contribution is -2.42. The van der Waals surface area contributed by atoms with Crippen molar-refractivity contribution >= 4 is 11.7 Å². The van der Waals surface area contributed by atoms with Crippen LogP contribution in [0.15, 0.2) is 24.3 Å². The Bertz CT molecular complexity index is 477. The summed E-state index contributed by atoms with van der Waals surface area (Å²) in [6, 6.07) is 7.97. The highest BCUT2D eigenvalue weighted by atomic mass is 16.3. The second-order valence-electron chi connectivity index (χ2n) is 6.28. The molecule has 0 bridgehead atoms. The Kier molecular flexibility index (Phi) is 5.23. The minimum atomic E-state index is -0.280. The van der Waals surface area contributed by atoms with Gasteiger partial charge in [0.1, 0.15) is 0 Å². The molecular formula is C17H26N2O2. The highest BCUT2D eigenvalue weighted by Crippen LogP contribution is 2.22. The van der Waals surface area contributed by atoms with Crippen LogP contribution in [-0.2, 0) is 0 Å². The third-order valence-electron chi connectivity index (χ3n) is 4.31. The van der Waals surface area contributed by atoms with E-state index in [2.05, 4.69) is 25.2 Å². The fourth-order valence-corrected chi connectivity index (χ4v) is 2.76. The standard InChI is InChI=1S/C17H26N2O2/c1-12(2)15-5-4-6-16(11-15)18-17(21)19-9-7-14(8-10-19)13(3)20/h4-6,11-14,20H,7-10H2,1-3H3,(H,18,21). The molecule has 2 rings (SSSR count). The zero-order valence-electron chi connectivity index (χ0n) is 13.2. The summed E-state index contributed by atoms with van der Waals surface area (Å²) in [5, 5.41) is 12.6. The zero-order valence-corrected chi connectivity index (χ0v) is 13.2. The maximum absolute atomic E-state index is 12.3. The molecule has 0 saturated carbocycles. The lowest BCUT2D eigenvalue weighted by molar-refractivity contribution is 0.0820. The van der Waals surface area contributed by atoms with Crippen molar-refractivity contribution in [3.05, 3.63) is 29.8 Å². The molecule has 1 atom stereocenters. The summed E-state index contributed by atoms with van der Waals surface area (Å²) in [7, 11) is 0. The van der Waals surface area contributed by atoms with Crippen LogP contribution in [-0.4, -0.2) is 35.2 Å². The number of urea groups is 1. The number of rotatable bonds is 3. The number of aliphatic hydroxyl groups excluding tert-OH is 1. The number of carbonyl (C=O) groups excluding carboxylic acids is 1. The quantitative estimate of drug-likeness (QED) is 0.896. The van der Waals surface area contributed by atoms with Crippen LogP contribution in [0.3, 0.4) is 0 Å². The normalized spacial score (nSPS) is 17.9. The molecule has 1 fully saturated rings. The Balaban J connectivity index is 1.92. The van der Waals surface area contributed by atoms with E-state index in [1.165, 1.54) is 5.56 Å². The molecule has 1 heterocycles. The smallest absolute Gasteiger partial charge is 0.321 e. The number of piperidine rings is 1. The molecule has 1 aliphatic heterocycles. The van der Waals surface area contributed by atoms with E-state index in [4.69, 9.17) is 0 Å². The van der Waals surface area contributed by atoms with E-state index < -0.39 is 0 Å². The summed E-state index contributed by atoms with van der Waals surface area (Å²) in [5.41, 5.74) is 2.07. The molecule has 0 spiro atoms. The number of hydrogen-bond acceptors (Lipinski definition) is 2. The summed E-state index contributed by atoms with van der Waals surface area (Å²) in [4.78, 5) is 14.1. The van der Waals surface area contributed by atoms with E-state index in [-0.39, 0.29) is 12.1 Å². The highest BCUT2D eigenvalue weighted by molar-refractivity contribution is 5.89. The number of likely N-dealkylation sites (tertiary alicyclic amines) is 1. The van der Waals surface area contributed by atoms with Crippen LogP contribution in [0.4, 0.5) is 10.5 Å². The molecule has 116 valence electrons. The minimum absolute atomic E-state index is 0.0417. The largest absolute Gasteiger partial charge is 0.393 e. The van der Waals surface area contributed by atoms with Crippen molar-refractivity contribution in [3.63, 3.8) is 0 Å². The van der Waals surface area contributed by atoms with E-state index >= 15 is 0 Å². The van der Waals surface area contributed by atoms with Gasteiger partial charge in [-0.1, -0.05) is 26.0 Å². The van der Waals surface area contributed by atoms with Gasteiger partial charge in [-0.25, -0.2) is 4.79 Å². The summed E-state index contributed by atoms with van der Waals surface area (Å²) in [5.74, 6) is 0.766. The lowest BCUT2D eigenvalue weighted by Gasteiger charge is -2.33. The Labute approximate surface area is 127 Å². The lowest BCUT2D eigenvalue weighted by atomic mass is 9.92. The van der Waals surface area contributed by atoms with Crippen LogP contribution >= 0.6 is 0 Å². The van der Waals surface area contributed by atoms with Gasteiger partial charge in [-0.3, -0.25) is 0 Å². The van der Waals surface area contributed by atoms with E-state index in [9.17, 15) is 9.90 Å². The highest BCUT2D eigenvalue weighted by Gasteiger charge is 2.25. The summed E-state index contributed by atoms with van der Waals surface area (Å²) in [6.07, 6.45) is 1.46. The second-order valence-corrected chi connectivity index (χ2v) is 6.28. The predicted molar refractivity (Wildman–Crippen MR) is 85.5 cm³/mol. The molecule has 0 radical (unpaired) electrons. The van der Waals surface area contributed by atoms with Crippen molar-refractivity contribution < 1.29 is 9.90 Å². The fraction of sp³-hybridized carbons (Fsp3) is 0.588. The van der Waals surface area contributed by atoms with Gasteiger partial charge < -0.3 is 15.3 Å². The summed E-state index contributed by atoms with van der Waals surface area (Å²) >= 11 is 0. The molecule has 1 aliphatic rings. The van der Waals surface area contributed by atoms with Crippen LogP contribution in [0.25, 0.3) is 0 Å². The monoisotopic (exact) mass is 290 g/mol. The van der Waals surface area contributed by atoms with Gasteiger partial charge in [-0.2, -0.15) is 0 Å². The van der Waals surface area contributed by atoms with Crippen LogP contribution in [0.5, 0.6) is 0 Å². The molecule has 1 aromatic carbocycles. The molecule has 4 nitrogen and oxygen atoms in total. The average Bonchev–Trinajstić information content (AvgIpc) is 2.47. The van der Waals surface area contributed by atoms with Gasteiger partial charge in [0.2, 0.25) is 0 Å². The maximum atomic E-state index is 12.3. The van der Waals surface area contributed by atoms with Gasteiger partial charge in [-0.05, 0) is 49.3 Å². The molecule has 4 heteroatoms. The number of amides is 2. The first-order valence-corrected chi connectivity index (χ1v) is 7.81. The van der Waals surface area contributed by atoms with Gasteiger partial charge in [0.25, 0.3) is 0 Å². The van der Waals surface area contributed by atoms with Crippen molar-refractivity contribution in [1.82, 2.24) is 4.90 Å². The fourth-order valence-electron chi connectivity index (χ4n) is 2.76. The molecule has 2 N–H and O–H groups in total. The third-order valence-corrected chi connectivity index (χ3v) is 4.31. The van der Waals surface area contributed by atoms with Crippen molar-refractivity contribution in [2.45, 2.75) is 45.6 Å². The minimum Gasteiger partial charge on any atom is -0.393 e. The molecular weight excluding hydrogens is 264 g/mol. The number of aliphatic hydroxyl groups is 1. The van der Waals surface area contributed by atoms with Crippen molar-refractivity contribution in [2.24, 2.45) is 5.92 Å². The molecule has 21 heavy (non-hydrogen) atoms. The molecule has 1 unspecified atom stereocenters. The van der Waals surface area contributed by atoms with Crippen molar-refractivity contribution in [2.75, 3.05) is 18.4 Å². The zero-order chi connectivity index (χ0) is 15.4. The third kappa shape index (κ3) is 4.21. The van der Waals surface area contributed by atoms with Crippen LogP contribution < -0.4 is 5.32 Å². The number of benzene rings is 1. The van der Waals surface area contributed by atoms with Crippen LogP contribution in [0.2, 0.25) is 0 Å².